The molecule has 0 aliphatic heterocycles. The Kier molecular flexibility index (Phi) is 4.91. The van der Waals surface area contributed by atoms with Gasteiger partial charge in [0.25, 0.3) is 5.91 Å². The van der Waals surface area contributed by atoms with Crippen LogP contribution in [0.4, 0.5) is 5.69 Å². The Labute approximate surface area is 178 Å². The van der Waals surface area contributed by atoms with E-state index in [4.69, 9.17) is 0 Å². The molecule has 5 aromatic rings. The van der Waals surface area contributed by atoms with Gasteiger partial charge in [-0.05, 0) is 28.6 Å². The minimum absolute atomic E-state index is 0.131. The molecule has 5 nitrogen and oxygen atoms in total. The minimum atomic E-state index is -0.131. The summed E-state index contributed by atoms with van der Waals surface area (Å²) in [6, 6.07) is 24.3. The van der Waals surface area contributed by atoms with Gasteiger partial charge in [0.2, 0.25) is 0 Å². The molecule has 1 N–H and O–H groups in total. The molecule has 0 atom stereocenters. The number of hydrogen-bond donors (Lipinski definition) is 1. The average molecular weight is 413 g/mol. The molecule has 3 heterocycles. The van der Waals surface area contributed by atoms with Gasteiger partial charge in [-0.2, -0.15) is 5.10 Å². The normalized spacial score (nSPS) is 11.1. The van der Waals surface area contributed by atoms with Crippen LogP contribution >= 0.6 is 11.3 Å². The van der Waals surface area contributed by atoms with E-state index in [0.717, 1.165) is 21.3 Å². The molecule has 148 valence electrons. The summed E-state index contributed by atoms with van der Waals surface area (Å²) in [6.45, 7) is 1.31. The molecule has 3 aromatic heterocycles. The fraction of sp³-hybridized carbons (Fsp3) is 0.0833. The van der Waals surface area contributed by atoms with E-state index in [2.05, 4.69) is 50.7 Å². The van der Waals surface area contributed by atoms with Crippen molar-refractivity contribution in [2.24, 2.45) is 0 Å². The molecule has 0 saturated carbocycles. The Hall–Kier alpha value is -3.64. The molecule has 0 fully saturated rings. The second kappa shape index (κ2) is 8.00. The molecule has 1 amide bonds. The van der Waals surface area contributed by atoms with Crippen LogP contribution in [0.3, 0.4) is 0 Å². The van der Waals surface area contributed by atoms with Crippen molar-refractivity contribution in [2.45, 2.75) is 13.1 Å². The SMILES string of the molecule is O=C(Nc1cnn(Cc2ccccc2)c1)c1cc2sccc2n1Cc1ccccc1. The van der Waals surface area contributed by atoms with E-state index >= 15 is 0 Å². The molecule has 0 aliphatic rings. The van der Waals surface area contributed by atoms with Crippen LogP contribution in [0.25, 0.3) is 10.2 Å². The zero-order chi connectivity index (χ0) is 20.3. The number of nitrogens with zero attached hydrogens (tertiary/aromatic N) is 3. The van der Waals surface area contributed by atoms with E-state index in [1.54, 1.807) is 17.5 Å². The summed E-state index contributed by atoms with van der Waals surface area (Å²) in [5.41, 5.74) is 4.73. The first-order valence-corrected chi connectivity index (χ1v) is 10.6. The average Bonchev–Trinajstić information content (AvgIpc) is 3.48. The molecule has 30 heavy (non-hydrogen) atoms. The maximum atomic E-state index is 13.1. The second-order valence-corrected chi connectivity index (χ2v) is 8.09. The largest absolute Gasteiger partial charge is 0.331 e. The molecule has 6 heteroatoms. The highest BCUT2D eigenvalue weighted by Gasteiger charge is 2.17. The number of thiophene rings is 1. The Balaban J connectivity index is 1.38. The molecular formula is C24H20N4OS. The quantitative estimate of drug-likeness (QED) is 0.414. The predicted octanol–water partition coefficient (Wildman–Crippen LogP) is 5.25. The zero-order valence-electron chi connectivity index (χ0n) is 16.2. The number of fused-ring (bicyclic) bond motifs is 1. The maximum Gasteiger partial charge on any atom is 0.272 e. The van der Waals surface area contributed by atoms with E-state index < -0.39 is 0 Å². The smallest absolute Gasteiger partial charge is 0.272 e. The van der Waals surface area contributed by atoms with Crippen molar-refractivity contribution in [2.75, 3.05) is 5.32 Å². The van der Waals surface area contributed by atoms with Crippen molar-refractivity contribution in [1.29, 1.82) is 0 Å². The van der Waals surface area contributed by atoms with Crippen molar-refractivity contribution in [3.05, 3.63) is 107 Å². The van der Waals surface area contributed by atoms with Crippen molar-refractivity contribution in [3.63, 3.8) is 0 Å². The fourth-order valence-corrected chi connectivity index (χ4v) is 4.40. The highest BCUT2D eigenvalue weighted by molar-refractivity contribution is 7.17. The van der Waals surface area contributed by atoms with Gasteiger partial charge in [0, 0.05) is 12.7 Å². The third-order valence-corrected chi connectivity index (χ3v) is 5.87. The van der Waals surface area contributed by atoms with Gasteiger partial charge >= 0.3 is 0 Å². The highest BCUT2D eigenvalue weighted by Crippen LogP contribution is 2.27. The van der Waals surface area contributed by atoms with E-state index in [0.29, 0.717) is 24.5 Å². The van der Waals surface area contributed by atoms with Crippen molar-refractivity contribution in [3.8, 4) is 0 Å². The third-order valence-electron chi connectivity index (χ3n) is 5.02. The number of benzene rings is 2. The number of rotatable bonds is 6. The standard InChI is InChI=1S/C24H20N4OS/c29-24(26-20-14-25-27(17-20)15-18-7-3-1-4-8-18)22-13-23-21(11-12-30-23)28(22)16-19-9-5-2-6-10-19/h1-14,17H,15-16H2,(H,26,29). The Morgan fingerprint density at radius 1 is 0.933 bits per heavy atom. The number of carbonyl (C=O) groups is 1. The molecule has 0 spiro atoms. The van der Waals surface area contributed by atoms with Crippen molar-refractivity contribution >= 4 is 33.1 Å². The Morgan fingerprint density at radius 3 is 2.37 bits per heavy atom. The first-order valence-electron chi connectivity index (χ1n) is 9.75. The summed E-state index contributed by atoms with van der Waals surface area (Å²) in [4.78, 5) is 13.1. The molecule has 0 aliphatic carbocycles. The minimum Gasteiger partial charge on any atom is -0.331 e. The van der Waals surface area contributed by atoms with Crippen LogP contribution in [0, 0.1) is 0 Å². The van der Waals surface area contributed by atoms with Crippen LogP contribution in [0.1, 0.15) is 21.6 Å². The van der Waals surface area contributed by atoms with Crippen LogP contribution in [0.5, 0.6) is 0 Å². The van der Waals surface area contributed by atoms with Crippen LogP contribution in [-0.4, -0.2) is 20.3 Å². The van der Waals surface area contributed by atoms with E-state index in [9.17, 15) is 4.79 Å². The first kappa shape index (κ1) is 18.4. The summed E-state index contributed by atoms with van der Waals surface area (Å²) >= 11 is 1.64. The van der Waals surface area contributed by atoms with Gasteiger partial charge in [-0.25, -0.2) is 0 Å². The van der Waals surface area contributed by atoms with Gasteiger partial charge in [-0.15, -0.1) is 11.3 Å². The van der Waals surface area contributed by atoms with Crippen LogP contribution in [-0.2, 0) is 13.1 Å². The fourth-order valence-electron chi connectivity index (χ4n) is 3.58. The number of aromatic nitrogens is 3. The molecular weight excluding hydrogens is 392 g/mol. The lowest BCUT2D eigenvalue weighted by Gasteiger charge is -2.10. The number of carbonyl (C=O) groups excluding carboxylic acids is 1. The van der Waals surface area contributed by atoms with Crippen LogP contribution < -0.4 is 5.32 Å². The lowest BCUT2D eigenvalue weighted by molar-refractivity contribution is 0.101. The van der Waals surface area contributed by atoms with E-state index in [1.165, 1.54) is 0 Å². The molecule has 0 radical (unpaired) electrons. The van der Waals surface area contributed by atoms with Gasteiger partial charge < -0.3 is 9.88 Å². The molecule has 0 bridgehead atoms. The molecule has 2 aromatic carbocycles. The summed E-state index contributed by atoms with van der Waals surface area (Å²) in [7, 11) is 0. The molecule has 0 unspecified atom stereocenters. The van der Waals surface area contributed by atoms with Gasteiger partial charge in [-0.3, -0.25) is 9.48 Å². The van der Waals surface area contributed by atoms with Crippen molar-refractivity contribution < 1.29 is 4.79 Å². The van der Waals surface area contributed by atoms with Crippen LogP contribution in [0.2, 0.25) is 0 Å². The topological polar surface area (TPSA) is 51.9 Å². The molecule has 5 rings (SSSR count). The van der Waals surface area contributed by atoms with Gasteiger partial charge in [0.1, 0.15) is 5.69 Å². The number of nitrogens with one attached hydrogen (secondary N) is 1. The van der Waals surface area contributed by atoms with Gasteiger partial charge in [0.05, 0.1) is 28.6 Å². The van der Waals surface area contributed by atoms with Gasteiger partial charge in [-0.1, -0.05) is 60.7 Å². The van der Waals surface area contributed by atoms with Crippen molar-refractivity contribution in [1.82, 2.24) is 14.3 Å². The lowest BCUT2D eigenvalue weighted by atomic mass is 10.2. The number of anilines is 1. The summed E-state index contributed by atoms with van der Waals surface area (Å²) in [5, 5.41) is 9.44. The van der Waals surface area contributed by atoms with E-state index in [1.807, 2.05) is 53.3 Å². The lowest BCUT2D eigenvalue weighted by Crippen LogP contribution is -2.17. The highest BCUT2D eigenvalue weighted by atomic mass is 32.1. The van der Waals surface area contributed by atoms with Gasteiger partial charge in [0.15, 0.2) is 0 Å². The predicted molar refractivity (Wildman–Crippen MR) is 121 cm³/mol. The Bertz CT molecular complexity index is 1280. The third kappa shape index (κ3) is 3.77. The second-order valence-electron chi connectivity index (χ2n) is 7.14. The maximum absolute atomic E-state index is 13.1. The van der Waals surface area contributed by atoms with E-state index in [-0.39, 0.29) is 5.91 Å². The summed E-state index contributed by atoms with van der Waals surface area (Å²) in [6.07, 6.45) is 3.55. The number of hydrogen-bond acceptors (Lipinski definition) is 3. The molecule has 0 saturated heterocycles. The summed E-state index contributed by atoms with van der Waals surface area (Å²) in [5.74, 6) is -0.131. The first-order chi connectivity index (χ1) is 14.8. The zero-order valence-corrected chi connectivity index (χ0v) is 17.0. The Morgan fingerprint density at radius 2 is 1.63 bits per heavy atom. The summed E-state index contributed by atoms with van der Waals surface area (Å²) < 4.78 is 5.01. The monoisotopic (exact) mass is 412 g/mol. The van der Waals surface area contributed by atoms with Crippen LogP contribution in [0.15, 0.2) is 90.6 Å². The number of amides is 1.